The van der Waals surface area contributed by atoms with E-state index < -0.39 is 10.0 Å². The maximum Gasteiger partial charge on any atom is 0.266 e. The molecule has 2 aromatic heterocycles. The molecule has 0 atom stereocenters. The van der Waals surface area contributed by atoms with Crippen LogP contribution in [0.3, 0.4) is 0 Å². The summed E-state index contributed by atoms with van der Waals surface area (Å²) in [6.45, 7) is 0. The number of hydrogen-bond acceptors (Lipinski definition) is 8. The highest BCUT2D eigenvalue weighted by molar-refractivity contribution is 7.93. The summed E-state index contributed by atoms with van der Waals surface area (Å²) in [5.41, 5.74) is 5.45. The van der Waals surface area contributed by atoms with Crippen LogP contribution in [-0.4, -0.2) is 33.2 Å². The van der Waals surface area contributed by atoms with Crippen LogP contribution in [0.5, 0.6) is 0 Å². The Morgan fingerprint density at radius 3 is 2.89 bits per heavy atom. The molecule has 0 radical (unpaired) electrons. The van der Waals surface area contributed by atoms with Gasteiger partial charge in [-0.3, -0.25) is 9.71 Å². The molecule has 18 heavy (non-hydrogen) atoms. The summed E-state index contributed by atoms with van der Waals surface area (Å²) in [5, 5.41) is 6.82. The molecule has 0 aliphatic heterocycles. The number of aromatic nitrogens is 4. The molecule has 0 saturated heterocycles. The van der Waals surface area contributed by atoms with E-state index >= 15 is 0 Å². The number of rotatable bonds is 4. The lowest BCUT2D eigenvalue weighted by Gasteiger charge is -2.07. The first-order chi connectivity index (χ1) is 8.50. The number of hydrogen-bond donors (Lipinski definition) is 2. The van der Waals surface area contributed by atoms with Crippen LogP contribution < -0.4 is 10.5 Å². The molecular weight excluding hydrogens is 296 g/mol. The van der Waals surface area contributed by atoms with Crippen molar-refractivity contribution in [1.29, 1.82) is 0 Å². The molecule has 94 valence electrons. The average molecular weight is 302 g/mol. The van der Waals surface area contributed by atoms with Gasteiger partial charge in [-0.1, -0.05) is 21.8 Å². The average Bonchev–Trinajstić information content (AvgIpc) is 2.81. The van der Waals surface area contributed by atoms with Crippen molar-refractivity contribution in [3.63, 3.8) is 0 Å². The second-order valence-electron chi connectivity index (χ2n) is 2.99. The van der Waals surface area contributed by atoms with Gasteiger partial charge >= 0.3 is 0 Å². The fraction of sp³-hybridized carbons (Fsp3) is 0. The Labute approximate surface area is 111 Å². The predicted molar refractivity (Wildman–Crippen MR) is 68.6 cm³/mol. The topological polar surface area (TPSA) is 124 Å². The molecule has 0 bridgehead atoms. The first-order valence-corrected chi connectivity index (χ1v) is 7.10. The van der Waals surface area contributed by atoms with Gasteiger partial charge in [-0.05, 0) is 17.3 Å². The van der Waals surface area contributed by atoms with E-state index in [4.69, 9.17) is 18.0 Å². The molecule has 8 nitrogen and oxygen atoms in total. The summed E-state index contributed by atoms with van der Waals surface area (Å²) in [6, 6.07) is 2.81. The highest BCUT2D eigenvalue weighted by atomic mass is 32.2. The second-order valence-corrected chi connectivity index (χ2v) is 5.81. The van der Waals surface area contributed by atoms with Gasteiger partial charge in [0.15, 0.2) is 0 Å². The van der Waals surface area contributed by atoms with Crippen molar-refractivity contribution < 1.29 is 8.42 Å². The Kier molecular flexibility index (Phi) is 3.45. The smallest absolute Gasteiger partial charge is 0.266 e. The van der Waals surface area contributed by atoms with Gasteiger partial charge in [-0.15, -0.1) is 0 Å². The van der Waals surface area contributed by atoms with Gasteiger partial charge in [0.05, 0.1) is 0 Å². The van der Waals surface area contributed by atoms with Crippen LogP contribution in [0.1, 0.15) is 5.69 Å². The molecular formula is C7H6N6O2S3. The lowest BCUT2D eigenvalue weighted by molar-refractivity contribution is 0.600. The number of thiocarbonyl (C=S) groups is 1. The molecule has 2 rings (SSSR count). The number of nitrogens with one attached hydrogen (secondary N) is 1. The number of nitrogens with zero attached hydrogens (tertiary/aromatic N) is 4. The number of pyridine rings is 1. The zero-order chi connectivity index (χ0) is 13.2. The standard InChI is InChI=1S/C7H6N6O2S3/c8-6(16)5-4(2-1-3-9-5)18(14,15)11-7-10-12-13-17-7/h1-3H,(H2,8,16)(H,10,11,13). The SMILES string of the molecule is NC(=S)c1ncccc1S(=O)(=O)Nc1nnns1. The first-order valence-electron chi connectivity index (χ1n) is 4.43. The van der Waals surface area contributed by atoms with Crippen molar-refractivity contribution >= 4 is 43.9 Å². The van der Waals surface area contributed by atoms with Gasteiger partial charge in [0.1, 0.15) is 15.6 Å². The zero-order valence-electron chi connectivity index (χ0n) is 8.64. The van der Waals surface area contributed by atoms with Crippen LogP contribution in [0.25, 0.3) is 0 Å². The normalized spacial score (nSPS) is 11.1. The molecule has 0 unspecified atom stereocenters. The van der Waals surface area contributed by atoms with E-state index in [1.54, 1.807) is 0 Å². The lowest BCUT2D eigenvalue weighted by atomic mass is 10.3. The molecule has 0 amide bonds. The van der Waals surface area contributed by atoms with Crippen molar-refractivity contribution in [2.75, 3.05) is 4.72 Å². The van der Waals surface area contributed by atoms with E-state index in [1.807, 2.05) is 0 Å². The highest BCUT2D eigenvalue weighted by Crippen LogP contribution is 2.17. The van der Waals surface area contributed by atoms with Crippen LogP contribution >= 0.6 is 23.8 Å². The fourth-order valence-corrected chi connectivity index (χ4v) is 3.12. The van der Waals surface area contributed by atoms with E-state index in [0.717, 1.165) is 11.5 Å². The van der Waals surface area contributed by atoms with Crippen molar-refractivity contribution in [2.24, 2.45) is 5.73 Å². The van der Waals surface area contributed by atoms with Crippen LogP contribution in [0.2, 0.25) is 0 Å². The van der Waals surface area contributed by atoms with Crippen molar-refractivity contribution in [2.45, 2.75) is 4.90 Å². The summed E-state index contributed by atoms with van der Waals surface area (Å²) in [4.78, 5) is 3.62. The number of nitrogens with two attached hydrogens (primary N) is 1. The third kappa shape index (κ3) is 2.57. The molecule has 0 spiro atoms. The highest BCUT2D eigenvalue weighted by Gasteiger charge is 2.22. The number of anilines is 1. The van der Waals surface area contributed by atoms with E-state index in [2.05, 4.69) is 24.5 Å². The third-order valence-electron chi connectivity index (χ3n) is 1.81. The Bertz CT molecular complexity index is 668. The van der Waals surface area contributed by atoms with Crippen LogP contribution in [-0.2, 0) is 10.0 Å². The second kappa shape index (κ2) is 4.88. The van der Waals surface area contributed by atoms with Crippen molar-refractivity contribution in [3.8, 4) is 0 Å². The lowest BCUT2D eigenvalue weighted by Crippen LogP contribution is -2.21. The predicted octanol–water partition coefficient (Wildman–Crippen LogP) is -0.237. The minimum Gasteiger partial charge on any atom is -0.388 e. The van der Waals surface area contributed by atoms with Gasteiger partial charge in [0.25, 0.3) is 10.0 Å². The first kappa shape index (κ1) is 12.7. The van der Waals surface area contributed by atoms with Crippen LogP contribution in [0.4, 0.5) is 5.13 Å². The van der Waals surface area contributed by atoms with Gasteiger partial charge in [0.2, 0.25) is 5.13 Å². The monoisotopic (exact) mass is 302 g/mol. The van der Waals surface area contributed by atoms with Gasteiger partial charge in [-0.25, -0.2) is 8.42 Å². The Hall–Kier alpha value is -1.72. The van der Waals surface area contributed by atoms with Crippen molar-refractivity contribution in [1.82, 2.24) is 19.8 Å². The van der Waals surface area contributed by atoms with Crippen LogP contribution in [0.15, 0.2) is 23.2 Å². The van der Waals surface area contributed by atoms with Gasteiger partial charge < -0.3 is 5.73 Å². The minimum absolute atomic E-state index is 0.0254. The summed E-state index contributed by atoms with van der Waals surface area (Å²) in [6.07, 6.45) is 1.40. The van der Waals surface area contributed by atoms with Gasteiger partial charge in [0, 0.05) is 17.7 Å². The molecule has 0 aliphatic rings. The molecule has 2 aromatic rings. The minimum atomic E-state index is -3.87. The quantitative estimate of drug-likeness (QED) is 0.742. The maximum absolute atomic E-state index is 12.1. The zero-order valence-corrected chi connectivity index (χ0v) is 11.1. The summed E-state index contributed by atoms with van der Waals surface area (Å²) < 4.78 is 29.8. The molecule has 2 heterocycles. The van der Waals surface area contributed by atoms with E-state index in [0.29, 0.717) is 0 Å². The van der Waals surface area contributed by atoms with E-state index in [9.17, 15) is 8.42 Å². The largest absolute Gasteiger partial charge is 0.388 e. The van der Waals surface area contributed by atoms with E-state index in [-0.39, 0.29) is 20.7 Å². The van der Waals surface area contributed by atoms with Gasteiger partial charge in [-0.2, -0.15) is 0 Å². The fourth-order valence-electron chi connectivity index (χ4n) is 1.14. The van der Waals surface area contributed by atoms with Crippen molar-refractivity contribution in [3.05, 3.63) is 24.0 Å². The Morgan fingerprint density at radius 1 is 1.50 bits per heavy atom. The van der Waals surface area contributed by atoms with Crippen LogP contribution in [0, 0.1) is 0 Å². The maximum atomic E-state index is 12.1. The molecule has 3 N–H and O–H groups in total. The third-order valence-corrected chi connectivity index (χ3v) is 4.02. The molecule has 0 saturated carbocycles. The molecule has 0 aliphatic carbocycles. The molecule has 11 heteroatoms. The molecule has 0 fully saturated rings. The number of sulfonamides is 1. The summed E-state index contributed by atoms with van der Waals surface area (Å²) >= 11 is 5.56. The molecule has 0 aromatic carbocycles. The summed E-state index contributed by atoms with van der Waals surface area (Å²) in [7, 11) is -3.87. The summed E-state index contributed by atoms with van der Waals surface area (Å²) in [5.74, 6) is 0. The Balaban J connectivity index is 2.45. The van der Waals surface area contributed by atoms with E-state index in [1.165, 1.54) is 18.3 Å². The Morgan fingerprint density at radius 2 is 2.28 bits per heavy atom.